The van der Waals surface area contributed by atoms with Crippen LogP contribution in [0.5, 0.6) is 0 Å². The molecule has 1 nitrogen and oxygen atoms in total. The SMILES string of the molecule is CNCC12CC(CCCCF)(C1)C2. The summed E-state index contributed by atoms with van der Waals surface area (Å²) >= 11 is 0. The summed E-state index contributed by atoms with van der Waals surface area (Å²) in [4.78, 5) is 0. The van der Waals surface area contributed by atoms with Gasteiger partial charge in [0.1, 0.15) is 0 Å². The van der Waals surface area contributed by atoms with Crippen LogP contribution in [0, 0.1) is 10.8 Å². The molecule has 0 saturated heterocycles. The molecule has 3 saturated carbocycles. The van der Waals surface area contributed by atoms with Crippen molar-refractivity contribution in [3.8, 4) is 0 Å². The normalized spacial score (nSPS) is 41.1. The van der Waals surface area contributed by atoms with Crippen molar-refractivity contribution in [3.63, 3.8) is 0 Å². The molecular formula is C11H20FN. The monoisotopic (exact) mass is 185 g/mol. The Labute approximate surface area is 80.1 Å². The molecule has 0 heterocycles. The molecule has 0 aliphatic heterocycles. The minimum Gasteiger partial charge on any atom is -0.319 e. The highest BCUT2D eigenvalue weighted by Crippen LogP contribution is 2.74. The van der Waals surface area contributed by atoms with Gasteiger partial charge >= 0.3 is 0 Å². The van der Waals surface area contributed by atoms with E-state index in [9.17, 15) is 4.39 Å². The van der Waals surface area contributed by atoms with E-state index < -0.39 is 0 Å². The fourth-order valence-corrected chi connectivity index (χ4v) is 3.65. The third-order valence-corrected chi connectivity index (χ3v) is 3.89. The van der Waals surface area contributed by atoms with Crippen molar-refractivity contribution >= 4 is 0 Å². The van der Waals surface area contributed by atoms with Gasteiger partial charge in [-0.2, -0.15) is 0 Å². The zero-order valence-electron chi connectivity index (χ0n) is 8.53. The predicted molar refractivity (Wildman–Crippen MR) is 52.5 cm³/mol. The third-order valence-electron chi connectivity index (χ3n) is 3.89. The molecule has 2 bridgehead atoms. The quantitative estimate of drug-likeness (QED) is 0.627. The molecule has 3 aliphatic carbocycles. The van der Waals surface area contributed by atoms with Gasteiger partial charge in [0, 0.05) is 6.54 Å². The summed E-state index contributed by atoms with van der Waals surface area (Å²) in [7, 11) is 2.04. The number of hydrogen-bond donors (Lipinski definition) is 1. The van der Waals surface area contributed by atoms with Crippen molar-refractivity contribution in [2.24, 2.45) is 10.8 Å². The molecule has 0 amide bonds. The summed E-state index contributed by atoms with van der Waals surface area (Å²) in [6, 6.07) is 0. The average molecular weight is 185 g/mol. The molecule has 3 fully saturated rings. The zero-order valence-corrected chi connectivity index (χ0v) is 8.53. The van der Waals surface area contributed by atoms with E-state index in [1.54, 1.807) is 0 Å². The lowest BCUT2D eigenvalue weighted by Gasteiger charge is -2.71. The molecule has 13 heavy (non-hydrogen) atoms. The number of hydrogen-bond acceptors (Lipinski definition) is 1. The Hall–Kier alpha value is -0.110. The molecule has 2 heteroatoms. The summed E-state index contributed by atoms with van der Waals surface area (Å²) in [6.45, 7) is 1.07. The molecular weight excluding hydrogens is 165 g/mol. The molecule has 0 aromatic heterocycles. The van der Waals surface area contributed by atoms with Crippen LogP contribution in [-0.2, 0) is 0 Å². The van der Waals surface area contributed by atoms with Crippen LogP contribution in [0.4, 0.5) is 4.39 Å². The summed E-state index contributed by atoms with van der Waals surface area (Å²) in [5.74, 6) is 0. The summed E-state index contributed by atoms with van der Waals surface area (Å²) < 4.78 is 11.9. The second kappa shape index (κ2) is 3.23. The largest absolute Gasteiger partial charge is 0.319 e. The first-order valence-electron chi connectivity index (χ1n) is 5.45. The average Bonchev–Trinajstić information content (AvgIpc) is 1.98. The van der Waals surface area contributed by atoms with Crippen LogP contribution < -0.4 is 5.32 Å². The van der Waals surface area contributed by atoms with Gasteiger partial charge in [0.05, 0.1) is 6.67 Å². The molecule has 76 valence electrons. The van der Waals surface area contributed by atoms with Gasteiger partial charge < -0.3 is 5.32 Å². The van der Waals surface area contributed by atoms with Gasteiger partial charge in [-0.25, -0.2) is 0 Å². The summed E-state index contributed by atoms with van der Waals surface area (Å²) in [5, 5.41) is 3.27. The Bertz CT molecular complexity index is 165. The number of rotatable bonds is 6. The van der Waals surface area contributed by atoms with Gasteiger partial charge in [0.2, 0.25) is 0 Å². The van der Waals surface area contributed by atoms with Crippen molar-refractivity contribution in [2.45, 2.75) is 38.5 Å². The minimum absolute atomic E-state index is 0.127. The highest BCUT2D eigenvalue weighted by molar-refractivity contribution is 5.17. The summed E-state index contributed by atoms with van der Waals surface area (Å²) in [6.07, 6.45) is 7.39. The number of unbranched alkanes of at least 4 members (excludes halogenated alkanes) is 1. The molecule has 3 rings (SSSR count). The summed E-state index contributed by atoms with van der Waals surface area (Å²) in [5.41, 5.74) is 1.34. The smallest absolute Gasteiger partial charge is 0.0894 e. The number of alkyl halides is 1. The Kier molecular flexibility index (Phi) is 2.35. The highest BCUT2D eigenvalue weighted by atomic mass is 19.1. The van der Waals surface area contributed by atoms with Gasteiger partial charge in [0.15, 0.2) is 0 Å². The van der Waals surface area contributed by atoms with Crippen molar-refractivity contribution in [1.29, 1.82) is 0 Å². The van der Waals surface area contributed by atoms with Crippen LogP contribution in [-0.4, -0.2) is 20.3 Å². The maximum absolute atomic E-state index is 11.9. The van der Waals surface area contributed by atoms with Crippen LogP contribution >= 0.6 is 0 Å². The van der Waals surface area contributed by atoms with Gasteiger partial charge in [-0.05, 0) is 50.0 Å². The van der Waals surface area contributed by atoms with Crippen molar-refractivity contribution in [3.05, 3.63) is 0 Å². The molecule has 0 atom stereocenters. The lowest BCUT2D eigenvalue weighted by molar-refractivity contribution is -0.204. The first kappa shape index (κ1) is 9.45. The van der Waals surface area contributed by atoms with Crippen molar-refractivity contribution in [1.82, 2.24) is 5.32 Å². The fourth-order valence-electron chi connectivity index (χ4n) is 3.65. The zero-order chi connectivity index (χ0) is 9.36. The molecule has 0 aromatic rings. The Morgan fingerprint density at radius 1 is 1.15 bits per heavy atom. The second-order valence-corrected chi connectivity index (χ2v) is 5.21. The maximum Gasteiger partial charge on any atom is 0.0894 e. The first-order valence-corrected chi connectivity index (χ1v) is 5.45. The van der Waals surface area contributed by atoms with E-state index in [1.165, 1.54) is 32.2 Å². The third kappa shape index (κ3) is 1.50. The van der Waals surface area contributed by atoms with E-state index in [0.29, 0.717) is 10.8 Å². The standard InChI is InChI=1S/C11H20FN/c1-13-9-11-6-10(7-11,8-11)4-2-3-5-12/h13H,2-9H2,1H3. The molecule has 1 N–H and O–H groups in total. The lowest BCUT2D eigenvalue weighted by Crippen LogP contribution is -2.64. The number of nitrogens with one attached hydrogen (secondary N) is 1. The van der Waals surface area contributed by atoms with E-state index in [2.05, 4.69) is 5.32 Å². The van der Waals surface area contributed by atoms with Crippen LogP contribution in [0.15, 0.2) is 0 Å². The molecule has 0 radical (unpaired) electrons. The second-order valence-electron chi connectivity index (χ2n) is 5.21. The van der Waals surface area contributed by atoms with Crippen LogP contribution in [0.25, 0.3) is 0 Å². The van der Waals surface area contributed by atoms with Crippen LogP contribution in [0.3, 0.4) is 0 Å². The van der Waals surface area contributed by atoms with Gasteiger partial charge in [0.25, 0.3) is 0 Å². The lowest BCUT2D eigenvalue weighted by atomic mass is 9.34. The van der Waals surface area contributed by atoms with Gasteiger partial charge in [-0.1, -0.05) is 6.42 Å². The van der Waals surface area contributed by atoms with E-state index >= 15 is 0 Å². The van der Waals surface area contributed by atoms with E-state index in [0.717, 1.165) is 12.8 Å². The Balaban J connectivity index is 1.65. The molecule has 0 unspecified atom stereocenters. The first-order chi connectivity index (χ1) is 6.24. The van der Waals surface area contributed by atoms with Crippen LogP contribution in [0.1, 0.15) is 38.5 Å². The van der Waals surface area contributed by atoms with Gasteiger partial charge in [-0.3, -0.25) is 4.39 Å². The van der Waals surface area contributed by atoms with E-state index in [4.69, 9.17) is 0 Å². The van der Waals surface area contributed by atoms with Crippen molar-refractivity contribution in [2.75, 3.05) is 20.3 Å². The number of halogens is 1. The fraction of sp³-hybridized carbons (Fsp3) is 1.00. The molecule has 0 aromatic carbocycles. The van der Waals surface area contributed by atoms with Gasteiger partial charge in [-0.15, -0.1) is 0 Å². The van der Waals surface area contributed by atoms with Crippen LogP contribution in [0.2, 0.25) is 0 Å². The van der Waals surface area contributed by atoms with E-state index in [-0.39, 0.29) is 6.67 Å². The minimum atomic E-state index is -0.127. The predicted octanol–water partition coefficient (Wildman–Crippen LogP) is 2.52. The molecule has 3 aliphatic rings. The molecule has 0 spiro atoms. The Morgan fingerprint density at radius 2 is 1.85 bits per heavy atom. The van der Waals surface area contributed by atoms with E-state index in [1.807, 2.05) is 7.05 Å². The Morgan fingerprint density at radius 3 is 2.38 bits per heavy atom. The topological polar surface area (TPSA) is 12.0 Å². The highest BCUT2D eigenvalue weighted by Gasteiger charge is 2.65. The maximum atomic E-state index is 11.9. The van der Waals surface area contributed by atoms with Crippen molar-refractivity contribution < 1.29 is 4.39 Å².